The summed E-state index contributed by atoms with van der Waals surface area (Å²) in [4.78, 5) is 29.3. The molecule has 0 saturated carbocycles. The Morgan fingerprint density at radius 1 is 1.06 bits per heavy atom. The van der Waals surface area contributed by atoms with Crippen molar-refractivity contribution in [2.24, 2.45) is 0 Å². The highest BCUT2D eigenvalue weighted by molar-refractivity contribution is 5.71. The maximum absolute atomic E-state index is 11.6. The summed E-state index contributed by atoms with van der Waals surface area (Å²) in [6, 6.07) is 17.6. The molecule has 0 fully saturated rings. The zero-order chi connectivity index (χ0) is 24.1. The van der Waals surface area contributed by atoms with Crippen molar-refractivity contribution in [3.8, 4) is 17.0 Å². The molecule has 9 nitrogen and oxygen atoms in total. The number of nitrogens with zero attached hydrogens (tertiary/aromatic N) is 2. The Kier molecular flexibility index (Phi) is 6.93. The number of aliphatic hydroxyl groups is 1. The van der Waals surface area contributed by atoms with Gasteiger partial charge in [-0.1, -0.05) is 30.3 Å². The number of anilines is 1. The highest BCUT2D eigenvalue weighted by Crippen LogP contribution is 2.29. The van der Waals surface area contributed by atoms with Crippen LogP contribution in [0.1, 0.15) is 22.4 Å². The van der Waals surface area contributed by atoms with Crippen molar-refractivity contribution < 1.29 is 14.4 Å². The molecule has 2 heterocycles. The van der Waals surface area contributed by atoms with Crippen LogP contribution in [0.5, 0.6) is 5.88 Å². The lowest BCUT2D eigenvalue weighted by molar-refractivity contribution is 0.196. The number of ether oxygens (including phenoxy) is 1. The van der Waals surface area contributed by atoms with Crippen LogP contribution in [0.25, 0.3) is 11.1 Å². The van der Waals surface area contributed by atoms with Crippen LogP contribution < -0.4 is 21.5 Å². The molecular formula is C25H26N4O5. The molecule has 0 spiro atoms. The van der Waals surface area contributed by atoms with Gasteiger partial charge in [0.2, 0.25) is 5.88 Å². The molecule has 0 atom stereocenters. The first-order valence-electron chi connectivity index (χ1n) is 10.9. The van der Waals surface area contributed by atoms with Crippen molar-refractivity contribution >= 4 is 5.69 Å². The Bertz CT molecular complexity index is 1390. The van der Waals surface area contributed by atoms with E-state index in [1.54, 1.807) is 0 Å². The molecule has 0 amide bonds. The van der Waals surface area contributed by atoms with Crippen molar-refractivity contribution in [2.45, 2.75) is 26.9 Å². The van der Waals surface area contributed by atoms with Crippen molar-refractivity contribution in [1.29, 1.82) is 0 Å². The van der Waals surface area contributed by atoms with Crippen LogP contribution in [0.2, 0.25) is 0 Å². The number of aliphatic hydroxyl groups excluding tert-OH is 1. The molecular weight excluding hydrogens is 436 g/mol. The zero-order valence-corrected chi connectivity index (χ0v) is 19.0. The first-order chi connectivity index (χ1) is 16.4. The number of nitrogens with one attached hydrogen (secondary N) is 2. The maximum atomic E-state index is 11.6. The van der Waals surface area contributed by atoms with Crippen LogP contribution in [0.4, 0.5) is 5.69 Å². The Hall–Kier alpha value is -4.11. The van der Waals surface area contributed by atoms with Gasteiger partial charge in [0.25, 0.3) is 0 Å². The van der Waals surface area contributed by atoms with Gasteiger partial charge in [-0.3, -0.25) is 0 Å². The maximum Gasteiger partial charge on any atom is 0.440 e. The molecule has 4 aromatic rings. The highest BCUT2D eigenvalue weighted by atomic mass is 16.5. The second-order valence-electron chi connectivity index (χ2n) is 7.84. The Labute approximate surface area is 195 Å². The molecule has 0 aliphatic heterocycles. The Balaban J connectivity index is 1.45. The third-order valence-corrected chi connectivity index (χ3v) is 5.53. The van der Waals surface area contributed by atoms with E-state index in [0.29, 0.717) is 12.4 Å². The van der Waals surface area contributed by atoms with E-state index in [4.69, 9.17) is 14.4 Å². The largest absolute Gasteiger partial charge is 0.475 e. The van der Waals surface area contributed by atoms with Crippen LogP contribution in [0, 0.1) is 13.8 Å². The van der Waals surface area contributed by atoms with Crippen molar-refractivity contribution in [2.75, 3.05) is 18.5 Å². The fourth-order valence-corrected chi connectivity index (χ4v) is 3.73. The molecule has 0 radical (unpaired) electrons. The van der Waals surface area contributed by atoms with Crippen molar-refractivity contribution in [3.05, 3.63) is 98.0 Å². The molecule has 4 rings (SSSR count). The van der Waals surface area contributed by atoms with E-state index >= 15 is 0 Å². The Morgan fingerprint density at radius 3 is 2.53 bits per heavy atom. The average molecular weight is 463 g/mol. The van der Waals surface area contributed by atoms with Gasteiger partial charge in [-0.15, -0.1) is 4.74 Å². The number of pyridine rings is 1. The minimum atomic E-state index is -0.766. The molecule has 0 bridgehead atoms. The molecule has 0 aliphatic carbocycles. The summed E-state index contributed by atoms with van der Waals surface area (Å²) in [6.45, 7) is 5.01. The van der Waals surface area contributed by atoms with E-state index in [1.807, 2.05) is 49.4 Å². The fourth-order valence-electron chi connectivity index (χ4n) is 3.73. The number of benzene rings is 2. The lowest BCUT2D eigenvalue weighted by Gasteiger charge is -2.15. The summed E-state index contributed by atoms with van der Waals surface area (Å²) < 4.78 is 11.2. The number of aryl methyl sites for hydroxylation is 1. The van der Waals surface area contributed by atoms with Gasteiger partial charge in [-0.05, 0) is 54.3 Å². The third kappa shape index (κ3) is 5.26. The summed E-state index contributed by atoms with van der Waals surface area (Å²) in [5.41, 5.74) is 6.50. The number of hydrogen-bond acceptors (Lipinski definition) is 7. The number of H-pyrrole nitrogens is 1. The monoisotopic (exact) mass is 462 g/mol. The molecule has 0 aliphatic rings. The van der Waals surface area contributed by atoms with Gasteiger partial charge in [0.05, 0.1) is 13.2 Å². The van der Waals surface area contributed by atoms with E-state index in [0.717, 1.165) is 43.9 Å². The summed E-state index contributed by atoms with van der Waals surface area (Å²) in [5, 5.41) is 12.4. The first-order valence-corrected chi connectivity index (χ1v) is 10.9. The highest BCUT2D eigenvalue weighted by Gasteiger charge is 2.11. The molecule has 0 unspecified atom stereocenters. The molecule has 3 N–H and O–H groups in total. The standard InChI is InChI=1S/C25H26N4O5/c1-16-19(4-3-5-21(16)22-10-11-23(27-17(22)2)33-13-12-30)14-26-20-8-6-18(7-9-20)15-29-24(31)28-25(32)34-29/h3-11,26,30H,12-15H2,1-2H3,(H,28,31,32). The Morgan fingerprint density at radius 2 is 1.85 bits per heavy atom. The van der Waals surface area contributed by atoms with Gasteiger partial charge >= 0.3 is 11.4 Å². The van der Waals surface area contributed by atoms with Gasteiger partial charge in [-0.25, -0.2) is 19.6 Å². The van der Waals surface area contributed by atoms with E-state index in [9.17, 15) is 9.59 Å². The first kappa shape index (κ1) is 23.1. The SMILES string of the molecule is Cc1nc(OCCO)ccc1-c1cccc(CNc2ccc(Cn3oc(=O)[nH]c3=O)cc2)c1C. The van der Waals surface area contributed by atoms with E-state index in [1.165, 1.54) is 0 Å². The van der Waals surface area contributed by atoms with Crippen molar-refractivity contribution in [1.82, 2.24) is 14.7 Å². The zero-order valence-electron chi connectivity index (χ0n) is 19.0. The van der Waals surface area contributed by atoms with Crippen LogP contribution >= 0.6 is 0 Å². The minimum absolute atomic E-state index is 0.0512. The van der Waals surface area contributed by atoms with Crippen LogP contribution in [0.15, 0.2) is 68.7 Å². The summed E-state index contributed by atoms with van der Waals surface area (Å²) >= 11 is 0. The van der Waals surface area contributed by atoms with Crippen LogP contribution in [-0.2, 0) is 13.1 Å². The van der Waals surface area contributed by atoms with Gasteiger partial charge in [0, 0.05) is 29.6 Å². The summed E-state index contributed by atoms with van der Waals surface area (Å²) in [5.74, 6) is -0.268. The topological polar surface area (TPSA) is 122 Å². The van der Waals surface area contributed by atoms with Crippen LogP contribution in [-0.4, -0.2) is 33.0 Å². The predicted molar refractivity (Wildman–Crippen MR) is 128 cm³/mol. The van der Waals surface area contributed by atoms with E-state index < -0.39 is 11.4 Å². The average Bonchev–Trinajstić information content (AvgIpc) is 3.14. The van der Waals surface area contributed by atoms with Crippen molar-refractivity contribution in [3.63, 3.8) is 0 Å². The molecule has 34 heavy (non-hydrogen) atoms. The van der Waals surface area contributed by atoms with Gasteiger partial charge < -0.3 is 19.7 Å². The number of aromatic nitrogens is 3. The summed E-state index contributed by atoms with van der Waals surface area (Å²) in [7, 11) is 0. The molecule has 2 aromatic heterocycles. The number of rotatable bonds is 9. The van der Waals surface area contributed by atoms with E-state index in [2.05, 4.69) is 34.3 Å². The lowest BCUT2D eigenvalue weighted by Crippen LogP contribution is -2.17. The van der Waals surface area contributed by atoms with Gasteiger partial charge in [-0.2, -0.15) is 0 Å². The normalized spacial score (nSPS) is 10.9. The fraction of sp³-hybridized carbons (Fsp3) is 0.240. The second kappa shape index (κ2) is 10.2. The molecule has 0 saturated heterocycles. The predicted octanol–water partition coefficient (Wildman–Crippen LogP) is 2.84. The lowest BCUT2D eigenvalue weighted by atomic mass is 9.95. The number of hydrogen-bond donors (Lipinski definition) is 3. The molecule has 176 valence electrons. The van der Waals surface area contributed by atoms with Gasteiger partial charge in [0.15, 0.2) is 0 Å². The quantitative estimate of drug-likeness (QED) is 0.350. The van der Waals surface area contributed by atoms with Crippen LogP contribution in [0.3, 0.4) is 0 Å². The van der Waals surface area contributed by atoms with E-state index in [-0.39, 0.29) is 19.8 Å². The minimum Gasteiger partial charge on any atom is -0.475 e. The second-order valence-corrected chi connectivity index (χ2v) is 7.84. The molecule has 9 heteroatoms. The number of aromatic amines is 1. The third-order valence-electron chi connectivity index (χ3n) is 5.53. The summed E-state index contributed by atoms with van der Waals surface area (Å²) in [6.07, 6.45) is 0. The van der Waals surface area contributed by atoms with Gasteiger partial charge in [0.1, 0.15) is 6.61 Å². The molecule has 2 aromatic carbocycles. The smallest absolute Gasteiger partial charge is 0.440 e.